The fraction of sp³-hybridized carbons (Fsp3) is 0.500. The number of H-pyrrole nitrogens is 1. The number of hydrogen-bond acceptors (Lipinski definition) is 6. The molecule has 0 aromatic carbocycles. The van der Waals surface area contributed by atoms with Gasteiger partial charge < -0.3 is 9.32 Å². The number of nitrogens with one attached hydrogen (secondary N) is 1. The first-order valence-electron chi connectivity index (χ1n) is 8.23. The molecule has 2 aliphatic rings. The number of aryl methyl sites for hydroxylation is 1. The molecule has 8 nitrogen and oxygen atoms in total. The van der Waals surface area contributed by atoms with E-state index in [0.717, 1.165) is 11.5 Å². The number of amides is 1. The maximum atomic E-state index is 12.7. The van der Waals surface area contributed by atoms with Gasteiger partial charge in [-0.1, -0.05) is 0 Å². The van der Waals surface area contributed by atoms with Crippen LogP contribution in [0.2, 0.25) is 0 Å². The largest absolute Gasteiger partial charge is 0.465 e. The lowest BCUT2D eigenvalue weighted by Crippen LogP contribution is -2.60. The first-order valence-corrected chi connectivity index (χ1v) is 10.1. The van der Waals surface area contributed by atoms with Gasteiger partial charge in [0.1, 0.15) is 17.2 Å². The average molecular weight is 364 g/mol. The molecule has 0 aliphatic carbocycles. The number of aromatic nitrogens is 2. The van der Waals surface area contributed by atoms with Crippen molar-refractivity contribution in [1.29, 1.82) is 0 Å². The number of carbonyl (C=O) groups is 1. The number of hydrogen-bond donors (Lipinski definition) is 1. The van der Waals surface area contributed by atoms with Crippen LogP contribution in [-0.2, 0) is 16.4 Å². The van der Waals surface area contributed by atoms with Crippen molar-refractivity contribution in [2.45, 2.75) is 25.6 Å². The standard InChI is InChI=1S/C16H20N4O4S/c1-11-2-3-12(24-11)8-19-6-7-20(16(21)13-4-5-17-18-13)15-10-25(22,23)9-14(15)19/h2-5,14-15H,6-10H2,1H3,(H,17,18)/t14-,15+/m0/s1. The number of carbonyl (C=O) groups excluding carboxylic acids is 1. The van der Waals surface area contributed by atoms with Gasteiger partial charge in [-0.05, 0) is 25.1 Å². The van der Waals surface area contributed by atoms with E-state index in [9.17, 15) is 13.2 Å². The monoisotopic (exact) mass is 364 g/mol. The number of rotatable bonds is 3. The summed E-state index contributed by atoms with van der Waals surface area (Å²) in [6, 6.07) is 4.87. The van der Waals surface area contributed by atoms with Crippen molar-refractivity contribution in [3.63, 3.8) is 0 Å². The Kier molecular flexibility index (Phi) is 3.92. The molecule has 2 saturated heterocycles. The molecule has 0 saturated carbocycles. The van der Waals surface area contributed by atoms with Crippen LogP contribution in [0.3, 0.4) is 0 Å². The molecule has 0 radical (unpaired) electrons. The van der Waals surface area contributed by atoms with E-state index in [4.69, 9.17) is 4.42 Å². The van der Waals surface area contributed by atoms with Gasteiger partial charge in [0.05, 0.1) is 24.1 Å². The lowest BCUT2D eigenvalue weighted by Gasteiger charge is -2.43. The third-order valence-corrected chi connectivity index (χ3v) is 6.64. The van der Waals surface area contributed by atoms with Crippen LogP contribution in [0.5, 0.6) is 0 Å². The van der Waals surface area contributed by atoms with E-state index < -0.39 is 9.84 Å². The molecular weight excluding hydrogens is 344 g/mol. The van der Waals surface area contributed by atoms with E-state index in [2.05, 4.69) is 15.1 Å². The van der Waals surface area contributed by atoms with Crippen molar-refractivity contribution in [3.05, 3.63) is 41.6 Å². The fourth-order valence-corrected chi connectivity index (χ4v) is 5.79. The van der Waals surface area contributed by atoms with Crippen molar-refractivity contribution >= 4 is 15.7 Å². The van der Waals surface area contributed by atoms with E-state index in [1.165, 1.54) is 6.20 Å². The fourth-order valence-electron chi connectivity index (χ4n) is 3.77. The smallest absolute Gasteiger partial charge is 0.272 e. The molecule has 1 N–H and O–H groups in total. The number of furan rings is 1. The van der Waals surface area contributed by atoms with Crippen molar-refractivity contribution in [2.24, 2.45) is 0 Å². The Labute approximate surface area is 145 Å². The van der Waals surface area contributed by atoms with E-state index in [1.54, 1.807) is 11.0 Å². The minimum atomic E-state index is -3.18. The number of piperazine rings is 1. The highest BCUT2D eigenvalue weighted by molar-refractivity contribution is 7.91. The van der Waals surface area contributed by atoms with Crippen LogP contribution in [-0.4, -0.2) is 71.0 Å². The molecular formula is C16H20N4O4S. The van der Waals surface area contributed by atoms with Crippen LogP contribution in [0, 0.1) is 6.92 Å². The van der Waals surface area contributed by atoms with Crippen LogP contribution < -0.4 is 0 Å². The normalized spacial score (nSPS) is 25.9. The average Bonchev–Trinajstić information content (AvgIpc) is 3.26. The molecule has 2 atom stereocenters. The molecule has 1 amide bonds. The van der Waals surface area contributed by atoms with Gasteiger partial charge in [0, 0.05) is 25.3 Å². The zero-order chi connectivity index (χ0) is 17.6. The van der Waals surface area contributed by atoms with Crippen LogP contribution in [0.1, 0.15) is 22.0 Å². The van der Waals surface area contributed by atoms with Crippen LogP contribution in [0.4, 0.5) is 0 Å². The highest BCUT2D eigenvalue weighted by Gasteiger charge is 2.48. The summed E-state index contributed by atoms with van der Waals surface area (Å²) in [5, 5.41) is 6.48. The third-order valence-electron chi connectivity index (χ3n) is 4.94. The Bertz CT molecular complexity index is 874. The summed E-state index contributed by atoms with van der Waals surface area (Å²) < 4.78 is 30.1. The highest BCUT2D eigenvalue weighted by atomic mass is 32.2. The zero-order valence-electron chi connectivity index (χ0n) is 13.9. The molecule has 134 valence electrons. The van der Waals surface area contributed by atoms with Gasteiger partial charge in [-0.2, -0.15) is 5.10 Å². The molecule has 2 aliphatic heterocycles. The van der Waals surface area contributed by atoms with Crippen LogP contribution in [0.15, 0.2) is 28.8 Å². The predicted molar refractivity (Wildman–Crippen MR) is 89.7 cm³/mol. The van der Waals surface area contributed by atoms with Crippen molar-refractivity contribution in [1.82, 2.24) is 20.0 Å². The molecule has 0 spiro atoms. The minimum absolute atomic E-state index is 0.00518. The van der Waals surface area contributed by atoms with Gasteiger partial charge in [-0.15, -0.1) is 0 Å². The van der Waals surface area contributed by atoms with E-state index in [1.807, 2.05) is 19.1 Å². The highest BCUT2D eigenvalue weighted by Crippen LogP contribution is 2.29. The topological polar surface area (TPSA) is 99.5 Å². The second kappa shape index (κ2) is 5.99. The Morgan fingerprint density at radius 1 is 1.28 bits per heavy atom. The Balaban J connectivity index is 1.58. The van der Waals surface area contributed by atoms with Crippen LogP contribution in [0.25, 0.3) is 0 Å². The van der Waals surface area contributed by atoms with Crippen LogP contribution >= 0.6 is 0 Å². The van der Waals surface area contributed by atoms with Crippen molar-refractivity contribution < 1.29 is 17.6 Å². The second-order valence-electron chi connectivity index (χ2n) is 6.66. The quantitative estimate of drug-likeness (QED) is 0.848. The van der Waals surface area contributed by atoms with E-state index in [-0.39, 0.29) is 29.5 Å². The molecule has 2 aromatic rings. The maximum absolute atomic E-state index is 12.7. The van der Waals surface area contributed by atoms with E-state index >= 15 is 0 Å². The Morgan fingerprint density at radius 2 is 2.08 bits per heavy atom. The first kappa shape index (κ1) is 16.3. The lowest BCUT2D eigenvalue weighted by atomic mass is 10.0. The molecule has 9 heteroatoms. The van der Waals surface area contributed by atoms with Gasteiger partial charge in [0.2, 0.25) is 0 Å². The van der Waals surface area contributed by atoms with E-state index in [0.29, 0.717) is 25.3 Å². The molecule has 25 heavy (non-hydrogen) atoms. The number of aromatic amines is 1. The number of nitrogens with zero attached hydrogens (tertiary/aromatic N) is 3. The summed E-state index contributed by atoms with van der Waals surface area (Å²) >= 11 is 0. The molecule has 4 rings (SSSR count). The first-order chi connectivity index (χ1) is 11.9. The van der Waals surface area contributed by atoms with Gasteiger partial charge in [-0.25, -0.2) is 8.42 Å². The second-order valence-corrected chi connectivity index (χ2v) is 8.82. The summed E-state index contributed by atoms with van der Waals surface area (Å²) in [5.74, 6) is 1.53. The van der Waals surface area contributed by atoms with Gasteiger partial charge >= 0.3 is 0 Å². The Morgan fingerprint density at radius 3 is 2.76 bits per heavy atom. The number of sulfone groups is 1. The third kappa shape index (κ3) is 3.09. The summed E-state index contributed by atoms with van der Waals surface area (Å²) in [7, 11) is -3.18. The van der Waals surface area contributed by atoms with Crippen molar-refractivity contribution in [3.8, 4) is 0 Å². The summed E-state index contributed by atoms with van der Waals surface area (Å²) in [5.41, 5.74) is 0.387. The number of fused-ring (bicyclic) bond motifs is 1. The molecule has 2 aromatic heterocycles. The maximum Gasteiger partial charge on any atom is 0.272 e. The Hall–Kier alpha value is -2.13. The lowest BCUT2D eigenvalue weighted by molar-refractivity contribution is 0.0280. The van der Waals surface area contributed by atoms with Gasteiger partial charge in [0.15, 0.2) is 9.84 Å². The summed E-state index contributed by atoms with van der Waals surface area (Å²) in [6.07, 6.45) is 1.52. The summed E-state index contributed by atoms with van der Waals surface area (Å²) in [4.78, 5) is 16.5. The predicted octanol–water partition coefficient (Wildman–Crippen LogP) is 0.435. The van der Waals surface area contributed by atoms with Gasteiger partial charge in [0.25, 0.3) is 5.91 Å². The van der Waals surface area contributed by atoms with Crippen molar-refractivity contribution in [2.75, 3.05) is 24.6 Å². The molecule has 0 bridgehead atoms. The SMILES string of the molecule is Cc1ccc(CN2CCN(C(=O)c3ccn[nH]3)[C@@H]3CS(=O)(=O)C[C@@H]32)o1. The molecule has 4 heterocycles. The van der Waals surface area contributed by atoms with Gasteiger partial charge in [-0.3, -0.25) is 14.8 Å². The molecule has 2 fully saturated rings. The minimum Gasteiger partial charge on any atom is -0.465 e. The summed E-state index contributed by atoms with van der Waals surface area (Å²) in [6.45, 7) is 3.52. The zero-order valence-corrected chi connectivity index (χ0v) is 14.7. The molecule has 0 unspecified atom stereocenters.